The standard InChI is InChI=1S/C15H25N3O3/c1-3-11-13(20)17-12(19)8-18(11)14(21)15(9-16)6-4-10(2)5-7-15/h10-11H,3-9,16H2,1-2H3,(H,17,19,20). The quantitative estimate of drug-likeness (QED) is 0.737. The smallest absolute Gasteiger partial charge is 0.249 e. The summed E-state index contributed by atoms with van der Waals surface area (Å²) >= 11 is 0. The van der Waals surface area contributed by atoms with Crippen molar-refractivity contribution in [3.63, 3.8) is 0 Å². The van der Waals surface area contributed by atoms with Gasteiger partial charge in [0.15, 0.2) is 0 Å². The SMILES string of the molecule is CCC1C(=O)NC(=O)CN1C(=O)C1(CN)CCC(C)CC1. The van der Waals surface area contributed by atoms with Crippen LogP contribution in [0.15, 0.2) is 0 Å². The van der Waals surface area contributed by atoms with Gasteiger partial charge in [0, 0.05) is 6.54 Å². The summed E-state index contributed by atoms with van der Waals surface area (Å²) in [6.45, 7) is 4.26. The number of hydrogen-bond acceptors (Lipinski definition) is 4. The summed E-state index contributed by atoms with van der Waals surface area (Å²) in [6.07, 6.45) is 3.92. The molecule has 6 nitrogen and oxygen atoms in total. The van der Waals surface area contributed by atoms with Gasteiger partial charge in [0.05, 0.1) is 5.41 Å². The number of nitrogens with one attached hydrogen (secondary N) is 1. The zero-order valence-corrected chi connectivity index (χ0v) is 12.9. The van der Waals surface area contributed by atoms with Crippen LogP contribution in [-0.4, -0.2) is 41.8 Å². The molecule has 0 bridgehead atoms. The molecule has 2 aliphatic rings. The van der Waals surface area contributed by atoms with Gasteiger partial charge in [-0.2, -0.15) is 0 Å². The zero-order chi connectivity index (χ0) is 15.6. The Kier molecular flexibility index (Phi) is 4.66. The molecule has 1 heterocycles. The van der Waals surface area contributed by atoms with Crippen LogP contribution in [0.4, 0.5) is 0 Å². The normalized spacial score (nSPS) is 33.8. The van der Waals surface area contributed by atoms with Gasteiger partial charge in [-0.1, -0.05) is 13.8 Å². The van der Waals surface area contributed by atoms with Gasteiger partial charge in [-0.15, -0.1) is 0 Å². The molecule has 0 spiro atoms. The second-order valence-corrected chi connectivity index (χ2v) is 6.44. The lowest BCUT2D eigenvalue weighted by molar-refractivity contribution is -0.157. The third-order valence-electron chi connectivity index (χ3n) is 4.98. The van der Waals surface area contributed by atoms with E-state index in [-0.39, 0.29) is 24.9 Å². The van der Waals surface area contributed by atoms with Gasteiger partial charge in [-0.3, -0.25) is 19.7 Å². The molecule has 21 heavy (non-hydrogen) atoms. The first-order chi connectivity index (χ1) is 9.93. The second-order valence-electron chi connectivity index (χ2n) is 6.44. The largest absolute Gasteiger partial charge is 0.329 e. The highest BCUT2D eigenvalue weighted by molar-refractivity contribution is 6.04. The average Bonchev–Trinajstić information content (AvgIpc) is 2.47. The maximum Gasteiger partial charge on any atom is 0.249 e. The fourth-order valence-corrected chi connectivity index (χ4v) is 3.41. The minimum atomic E-state index is -0.599. The maximum atomic E-state index is 13.0. The van der Waals surface area contributed by atoms with Gasteiger partial charge >= 0.3 is 0 Å². The highest BCUT2D eigenvalue weighted by atomic mass is 16.2. The van der Waals surface area contributed by atoms with Crippen molar-refractivity contribution in [3.05, 3.63) is 0 Å². The summed E-state index contributed by atoms with van der Waals surface area (Å²) in [5.74, 6) is -0.300. The Morgan fingerprint density at radius 3 is 2.52 bits per heavy atom. The molecule has 1 saturated carbocycles. The Bertz CT molecular complexity index is 441. The lowest BCUT2D eigenvalue weighted by Crippen LogP contribution is -2.63. The Morgan fingerprint density at radius 1 is 1.38 bits per heavy atom. The molecule has 3 N–H and O–H groups in total. The molecule has 2 rings (SSSR count). The van der Waals surface area contributed by atoms with E-state index in [1.54, 1.807) is 0 Å². The zero-order valence-electron chi connectivity index (χ0n) is 12.9. The van der Waals surface area contributed by atoms with Gasteiger partial charge in [0.1, 0.15) is 12.6 Å². The summed E-state index contributed by atoms with van der Waals surface area (Å²) in [4.78, 5) is 38.0. The van der Waals surface area contributed by atoms with Gasteiger partial charge in [-0.25, -0.2) is 0 Å². The van der Waals surface area contributed by atoms with E-state index in [0.717, 1.165) is 25.7 Å². The molecule has 3 amide bonds. The number of carbonyl (C=O) groups is 3. The van der Waals surface area contributed by atoms with Gasteiger partial charge in [0.25, 0.3) is 0 Å². The molecule has 1 atom stereocenters. The van der Waals surface area contributed by atoms with E-state index in [1.165, 1.54) is 4.90 Å². The van der Waals surface area contributed by atoms with Crippen LogP contribution in [0.2, 0.25) is 0 Å². The van der Waals surface area contributed by atoms with Gasteiger partial charge in [0.2, 0.25) is 17.7 Å². The van der Waals surface area contributed by atoms with E-state index >= 15 is 0 Å². The summed E-state index contributed by atoms with van der Waals surface area (Å²) < 4.78 is 0. The van der Waals surface area contributed by atoms with Crippen molar-refractivity contribution >= 4 is 17.7 Å². The number of nitrogens with two attached hydrogens (primary N) is 1. The number of imide groups is 1. The van der Waals surface area contributed by atoms with Crippen molar-refractivity contribution < 1.29 is 14.4 Å². The molecule has 0 aromatic carbocycles. The van der Waals surface area contributed by atoms with Crippen LogP contribution in [0, 0.1) is 11.3 Å². The topological polar surface area (TPSA) is 92.5 Å². The van der Waals surface area contributed by atoms with Crippen molar-refractivity contribution in [1.82, 2.24) is 10.2 Å². The molecule has 0 aromatic heterocycles. The van der Waals surface area contributed by atoms with E-state index in [9.17, 15) is 14.4 Å². The first-order valence-electron chi connectivity index (χ1n) is 7.78. The molecule has 6 heteroatoms. The van der Waals surface area contributed by atoms with Crippen LogP contribution in [-0.2, 0) is 14.4 Å². The van der Waals surface area contributed by atoms with Crippen LogP contribution in [0.5, 0.6) is 0 Å². The van der Waals surface area contributed by atoms with Crippen LogP contribution in [0.1, 0.15) is 46.0 Å². The van der Waals surface area contributed by atoms with E-state index in [4.69, 9.17) is 5.73 Å². The molecule has 0 aromatic rings. The third-order valence-corrected chi connectivity index (χ3v) is 4.98. The van der Waals surface area contributed by atoms with Crippen LogP contribution < -0.4 is 11.1 Å². The van der Waals surface area contributed by atoms with E-state index in [1.807, 2.05) is 6.92 Å². The monoisotopic (exact) mass is 295 g/mol. The third kappa shape index (κ3) is 2.95. The minimum absolute atomic E-state index is 0.0413. The molecule has 1 saturated heterocycles. The van der Waals surface area contributed by atoms with Crippen molar-refractivity contribution in [2.24, 2.45) is 17.1 Å². The van der Waals surface area contributed by atoms with Crippen molar-refractivity contribution in [3.8, 4) is 0 Å². The fourth-order valence-electron chi connectivity index (χ4n) is 3.41. The molecule has 1 aliphatic heterocycles. The maximum absolute atomic E-state index is 13.0. The first kappa shape index (κ1) is 15.9. The number of carbonyl (C=O) groups excluding carboxylic acids is 3. The van der Waals surface area contributed by atoms with Crippen molar-refractivity contribution in [2.75, 3.05) is 13.1 Å². The number of piperazine rings is 1. The Morgan fingerprint density at radius 2 is 2.00 bits per heavy atom. The van der Waals surface area contributed by atoms with Crippen LogP contribution in [0.25, 0.3) is 0 Å². The van der Waals surface area contributed by atoms with Crippen molar-refractivity contribution in [2.45, 2.75) is 52.0 Å². The van der Waals surface area contributed by atoms with Crippen LogP contribution >= 0.6 is 0 Å². The van der Waals surface area contributed by atoms with E-state index in [2.05, 4.69) is 12.2 Å². The highest BCUT2D eigenvalue weighted by Gasteiger charge is 2.46. The highest BCUT2D eigenvalue weighted by Crippen LogP contribution is 2.40. The minimum Gasteiger partial charge on any atom is -0.329 e. The predicted octanol–water partition coefficient (Wildman–Crippen LogP) is 0.405. The van der Waals surface area contributed by atoms with Crippen LogP contribution in [0.3, 0.4) is 0 Å². The Hall–Kier alpha value is -1.43. The van der Waals surface area contributed by atoms with Crippen molar-refractivity contribution in [1.29, 1.82) is 0 Å². The fraction of sp³-hybridized carbons (Fsp3) is 0.800. The summed E-state index contributed by atoms with van der Waals surface area (Å²) in [6, 6.07) is -0.557. The van der Waals surface area contributed by atoms with E-state index in [0.29, 0.717) is 12.3 Å². The molecule has 1 aliphatic carbocycles. The number of hydrogen-bond donors (Lipinski definition) is 2. The number of nitrogens with zero attached hydrogens (tertiary/aromatic N) is 1. The molecule has 2 fully saturated rings. The van der Waals surface area contributed by atoms with E-state index < -0.39 is 17.4 Å². The summed E-state index contributed by atoms with van der Waals surface area (Å²) in [5.41, 5.74) is 5.32. The summed E-state index contributed by atoms with van der Waals surface area (Å²) in [5, 5.41) is 2.30. The lowest BCUT2D eigenvalue weighted by atomic mass is 9.69. The Labute approximate surface area is 125 Å². The molecular weight excluding hydrogens is 270 g/mol. The molecule has 118 valence electrons. The number of amides is 3. The second kappa shape index (κ2) is 6.13. The molecule has 0 radical (unpaired) electrons. The predicted molar refractivity (Wildman–Crippen MR) is 78.1 cm³/mol. The first-order valence-corrected chi connectivity index (χ1v) is 7.78. The summed E-state index contributed by atoms with van der Waals surface area (Å²) in [7, 11) is 0. The number of rotatable bonds is 3. The Balaban J connectivity index is 2.23. The average molecular weight is 295 g/mol. The lowest BCUT2D eigenvalue weighted by Gasteiger charge is -2.43. The molecular formula is C15H25N3O3. The van der Waals surface area contributed by atoms with Gasteiger partial charge in [-0.05, 0) is 38.0 Å². The molecule has 1 unspecified atom stereocenters. The van der Waals surface area contributed by atoms with Gasteiger partial charge < -0.3 is 10.6 Å².